The molecule has 0 radical (unpaired) electrons. The van der Waals surface area contributed by atoms with Gasteiger partial charge in [0.15, 0.2) is 0 Å². The van der Waals surface area contributed by atoms with E-state index < -0.39 is 0 Å². The van der Waals surface area contributed by atoms with Crippen LogP contribution in [0.15, 0.2) is 53.1 Å². The van der Waals surface area contributed by atoms with Crippen molar-refractivity contribution < 1.29 is 13.7 Å². The van der Waals surface area contributed by atoms with E-state index in [0.717, 1.165) is 11.3 Å². The van der Waals surface area contributed by atoms with E-state index in [1.165, 1.54) is 12.1 Å². The zero-order chi connectivity index (χ0) is 19.5. The minimum atomic E-state index is -0.248. The Kier molecular flexibility index (Phi) is 4.92. The van der Waals surface area contributed by atoms with Crippen LogP contribution in [-0.2, 0) is 0 Å². The Hall–Kier alpha value is -3.42. The molecule has 2 heterocycles. The summed E-state index contributed by atoms with van der Waals surface area (Å²) in [5.41, 5.74) is 2.49. The maximum atomic E-state index is 13.1. The number of hydrogen-bond acceptors (Lipinski definition) is 5. The van der Waals surface area contributed by atoms with E-state index >= 15 is 0 Å². The lowest BCUT2D eigenvalue weighted by atomic mass is 10.2. The van der Waals surface area contributed by atoms with E-state index in [1.54, 1.807) is 24.0 Å². The molecule has 1 fully saturated rings. The van der Waals surface area contributed by atoms with Crippen molar-refractivity contribution in [2.24, 2.45) is 0 Å². The summed E-state index contributed by atoms with van der Waals surface area (Å²) >= 11 is 0. The predicted molar refractivity (Wildman–Crippen MR) is 104 cm³/mol. The Bertz CT molecular complexity index is 947. The molecule has 144 valence electrons. The van der Waals surface area contributed by atoms with Crippen LogP contribution in [0.4, 0.5) is 20.6 Å². The third-order valence-corrected chi connectivity index (χ3v) is 4.68. The van der Waals surface area contributed by atoms with Gasteiger partial charge in [-0.15, -0.1) is 0 Å². The van der Waals surface area contributed by atoms with E-state index in [9.17, 15) is 9.18 Å². The van der Waals surface area contributed by atoms with Crippen LogP contribution in [0.5, 0.6) is 0 Å². The van der Waals surface area contributed by atoms with Gasteiger partial charge in [0.05, 0.1) is 0 Å². The van der Waals surface area contributed by atoms with Gasteiger partial charge in [-0.25, -0.2) is 9.18 Å². The third kappa shape index (κ3) is 3.95. The first-order valence-corrected chi connectivity index (χ1v) is 9.06. The van der Waals surface area contributed by atoms with E-state index in [2.05, 4.69) is 20.4 Å². The van der Waals surface area contributed by atoms with Gasteiger partial charge in [0.2, 0.25) is 11.7 Å². The highest BCUT2D eigenvalue weighted by Crippen LogP contribution is 2.20. The standard InChI is InChI=1S/C20H20FN5O2/c1-14-22-19(24-28-14)15-2-6-17(7-3-15)23-20(27)26-12-10-25(11-13-26)18-8-4-16(21)5-9-18/h2-9H,10-13H2,1H3,(H,23,27). The molecule has 1 N–H and O–H groups in total. The van der Waals surface area contributed by atoms with Crippen LogP contribution >= 0.6 is 0 Å². The maximum Gasteiger partial charge on any atom is 0.321 e. The summed E-state index contributed by atoms with van der Waals surface area (Å²) in [6.45, 7) is 4.35. The van der Waals surface area contributed by atoms with Crippen molar-refractivity contribution in [3.05, 3.63) is 60.2 Å². The fraction of sp³-hybridized carbons (Fsp3) is 0.250. The van der Waals surface area contributed by atoms with Crippen LogP contribution in [-0.4, -0.2) is 47.3 Å². The van der Waals surface area contributed by atoms with Crippen LogP contribution in [0.1, 0.15) is 5.89 Å². The molecule has 0 atom stereocenters. The van der Waals surface area contributed by atoms with E-state index in [-0.39, 0.29) is 11.8 Å². The van der Waals surface area contributed by atoms with Gasteiger partial charge in [-0.1, -0.05) is 5.16 Å². The number of anilines is 2. The second kappa shape index (κ2) is 7.67. The molecule has 0 aliphatic carbocycles. The summed E-state index contributed by atoms with van der Waals surface area (Å²) in [7, 11) is 0. The van der Waals surface area contributed by atoms with Crippen molar-refractivity contribution >= 4 is 17.4 Å². The van der Waals surface area contributed by atoms with Gasteiger partial charge in [0, 0.05) is 50.0 Å². The lowest BCUT2D eigenvalue weighted by Crippen LogP contribution is -2.50. The van der Waals surface area contributed by atoms with Gasteiger partial charge in [-0.2, -0.15) is 4.98 Å². The first-order valence-electron chi connectivity index (χ1n) is 9.06. The number of benzene rings is 2. The minimum absolute atomic E-state index is 0.137. The van der Waals surface area contributed by atoms with Gasteiger partial charge >= 0.3 is 6.03 Å². The topological polar surface area (TPSA) is 74.5 Å². The van der Waals surface area contributed by atoms with Crippen LogP contribution in [0, 0.1) is 12.7 Å². The lowest BCUT2D eigenvalue weighted by Gasteiger charge is -2.36. The smallest absolute Gasteiger partial charge is 0.321 e. The molecule has 2 amide bonds. The summed E-state index contributed by atoms with van der Waals surface area (Å²) in [6.07, 6.45) is 0. The Morgan fingerprint density at radius 3 is 2.32 bits per heavy atom. The van der Waals surface area contributed by atoms with Crippen molar-refractivity contribution in [1.82, 2.24) is 15.0 Å². The maximum absolute atomic E-state index is 13.1. The molecule has 0 bridgehead atoms. The van der Waals surface area contributed by atoms with Gasteiger partial charge in [-0.3, -0.25) is 0 Å². The van der Waals surface area contributed by atoms with Crippen molar-refractivity contribution in [2.45, 2.75) is 6.92 Å². The zero-order valence-electron chi connectivity index (χ0n) is 15.4. The molecule has 0 unspecified atom stereocenters. The van der Waals surface area contributed by atoms with Crippen molar-refractivity contribution in [3.63, 3.8) is 0 Å². The Morgan fingerprint density at radius 2 is 1.71 bits per heavy atom. The van der Waals surface area contributed by atoms with Gasteiger partial charge in [0.1, 0.15) is 5.82 Å². The Morgan fingerprint density at radius 1 is 1.04 bits per heavy atom. The van der Waals surface area contributed by atoms with Crippen LogP contribution < -0.4 is 10.2 Å². The number of carbonyl (C=O) groups excluding carboxylic acids is 1. The summed E-state index contributed by atoms with van der Waals surface area (Å²) in [5.74, 6) is 0.779. The first kappa shape index (κ1) is 18.0. The van der Waals surface area contributed by atoms with Gasteiger partial charge < -0.3 is 19.6 Å². The normalized spacial score (nSPS) is 14.2. The SMILES string of the molecule is Cc1nc(-c2ccc(NC(=O)N3CCN(c4ccc(F)cc4)CC3)cc2)no1. The summed E-state index contributed by atoms with van der Waals surface area (Å²) in [6, 6.07) is 13.6. The number of amides is 2. The second-order valence-corrected chi connectivity index (χ2v) is 6.60. The highest BCUT2D eigenvalue weighted by atomic mass is 19.1. The van der Waals surface area contributed by atoms with Gasteiger partial charge in [-0.05, 0) is 48.5 Å². The van der Waals surface area contributed by atoms with Crippen LogP contribution in [0.3, 0.4) is 0 Å². The number of aromatic nitrogens is 2. The van der Waals surface area contributed by atoms with Crippen molar-refractivity contribution in [3.8, 4) is 11.4 Å². The molecule has 3 aromatic rings. The average molecular weight is 381 g/mol. The Balaban J connectivity index is 1.32. The number of piperazine rings is 1. The first-order chi connectivity index (χ1) is 13.6. The van der Waals surface area contributed by atoms with Gasteiger partial charge in [0.25, 0.3) is 0 Å². The largest absolute Gasteiger partial charge is 0.368 e. The molecule has 4 rings (SSSR count). The molecule has 0 saturated carbocycles. The molecule has 0 spiro atoms. The van der Waals surface area contributed by atoms with Crippen LogP contribution in [0.2, 0.25) is 0 Å². The number of hydrogen-bond donors (Lipinski definition) is 1. The minimum Gasteiger partial charge on any atom is -0.368 e. The second-order valence-electron chi connectivity index (χ2n) is 6.60. The molecule has 7 nitrogen and oxygen atoms in total. The highest BCUT2D eigenvalue weighted by Gasteiger charge is 2.21. The predicted octanol–water partition coefficient (Wildman–Crippen LogP) is 3.54. The molecule has 1 aliphatic heterocycles. The molecule has 28 heavy (non-hydrogen) atoms. The number of rotatable bonds is 3. The molecule has 8 heteroatoms. The molecular weight excluding hydrogens is 361 g/mol. The van der Waals surface area contributed by atoms with E-state index in [1.807, 2.05) is 24.3 Å². The average Bonchev–Trinajstić information content (AvgIpc) is 3.15. The Labute approximate surface area is 161 Å². The number of carbonyl (C=O) groups is 1. The molecule has 1 aliphatic rings. The monoisotopic (exact) mass is 381 g/mol. The quantitative estimate of drug-likeness (QED) is 0.751. The van der Waals surface area contributed by atoms with Crippen LogP contribution in [0.25, 0.3) is 11.4 Å². The summed E-state index contributed by atoms with van der Waals surface area (Å²) in [4.78, 5) is 20.6. The number of nitrogens with one attached hydrogen (secondary N) is 1. The highest BCUT2D eigenvalue weighted by molar-refractivity contribution is 5.89. The number of halogens is 1. The molecular formula is C20H20FN5O2. The molecule has 1 aromatic heterocycles. The van der Waals surface area contributed by atoms with Crippen molar-refractivity contribution in [1.29, 1.82) is 0 Å². The lowest BCUT2D eigenvalue weighted by molar-refractivity contribution is 0.208. The fourth-order valence-corrected chi connectivity index (χ4v) is 3.14. The van der Waals surface area contributed by atoms with E-state index in [0.29, 0.717) is 43.6 Å². The van der Waals surface area contributed by atoms with E-state index in [4.69, 9.17) is 4.52 Å². The number of nitrogens with zero attached hydrogens (tertiary/aromatic N) is 4. The number of aryl methyl sites for hydroxylation is 1. The fourth-order valence-electron chi connectivity index (χ4n) is 3.14. The molecule has 1 saturated heterocycles. The zero-order valence-corrected chi connectivity index (χ0v) is 15.4. The van der Waals surface area contributed by atoms with Crippen molar-refractivity contribution in [2.75, 3.05) is 36.4 Å². The summed E-state index contributed by atoms with van der Waals surface area (Å²) in [5, 5.41) is 6.79. The number of urea groups is 1. The summed E-state index contributed by atoms with van der Waals surface area (Å²) < 4.78 is 18.0. The molecule has 2 aromatic carbocycles. The third-order valence-electron chi connectivity index (χ3n) is 4.68.